The second kappa shape index (κ2) is 14.4. The van der Waals surface area contributed by atoms with Gasteiger partial charge in [-0.25, -0.2) is 8.42 Å². The predicted octanol–water partition coefficient (Wildman–Crippen LogP) is 6.82. The van der Waals surface area contributed by atoms with E-state index in [2.05, 4.69) is 21.2 Å². The van der Waals surface area contributed by atoms with Crippen LogP contribution in [0.4, 0.5) is 5.69 Å². The molecule has 0 heterocycles. The van der Waals surface area contributed by atoms with E-state index in [0.717, 1.165) is 21.2 Å². The third kappa shape index (κ3) is 9.05. The Labute approximate surface area is 275 Å². The van der Waals surface area contributed by atoms with Gasteiger partial charge in [0.15, 0.2) is 0 Å². The lowest BCUT2D eigenvalue weighted by atomic mass is 10.0. The number of carbonyl (C=O) groups is 2. The van der Waals surface area contributed by atoms with Gasteiger partial charge in [-0.2, -0.15) is 0 Å². The second-order valence-electron chi connectivity index (χ2n) is 12.2. The van der Waals surface area contributed by atoms with Crippen LogP contribution in [0.25, 0.3) is 0 Å². The summed E-state index contributed by atoms with van der Waals surface area (Å²) in [4.78, 5) is 30.2. The minimum absolute atomic E-state index is 0.0727. The zero-order valence-electron chi connectivity index (χ0n) is 26.3. The summed E-state index contributed by atoms with van der Waals surface area (Å²) in [5.74, 6) is -0.820. The summed E-state index contributed by atoms with van der Waals surface area (Å²) in [7, 11) is -4.16. The SMILES string of the molecule is Cc1ccc(C)c(N(CC(=O)N(Cc2cccc(Br)c2)[C@@H](Cc2ccccc2)C(=O)NC(C)(C)C)S(=O)(=O)c2ccccc2)c1. The van der Waals surface area contributed by atoms with Crippen LogP contribution < -0.4 is 9.62 Å². The van der Waals surface area contributed by atoms with E-state index in [4.69, 9.17) is 0 Å². The average molecular weight is 691 g/mol. The smallest absolute Gasteiger partial charge is 0.264 e. The molecule has 0 aliphatic rings. The average Bonchev–Trinajstić information content (AvgIpc) is 2.99. The van der Waals surface area contributed by atoms with Gasteiger partial charge in [-0.1, -0.05) is 88.7 Å². The lowest BCUT2D eigenvalue weighted by Gasteiger charge is -2.35. The van der Waals surface area contributed by atoms with E-state index in [-0.39, 0.29) is 23.8 Å². The number of nitrogens with one attached hydrogen (secondary N) is 1. The van der Waals surface area contributed by atoms with Crippen LogP contribution in [0.3, 0.4) is 0 Å². The van der Waals surface area contributed by atoms with Crippen molar-refractivity contribution in [3.05, 3.63) is 130 Å². The molecule has 0 aromatic heterocycles. The molecule has 0 radical (unpaired) electrons. The molecule has 45 heavy (non-hydrogen) atoms. The second-order valence-corrected chi connectivity index (χ2v) is 15.0. The molecule has 9 heteroatoms. The topological polar surface area (TPSA) is 86.8 Å². The molecule has 0 unspecified atom stereocenters. The van der Waals surface area contributed by atoms with E-state index < -0.39 is 34.1 Å². The Morgan fingerprint density at radius 1 is 0.822 bits per heavy atom. The van der Waals surface area contributed by atoms with Gasteiger partial charge in [0.25, 0.3) is 10.0 Å². The van der Waals surface area contributed by atoms with Crippen molar-refractivity contribution in [3.63, 3.8) is 0 Å². The van der Waals surface area contributed by atoms with E-state index in [1.165, 1.54) is 21.3 Å². The molecule has 0 aliphatic carbocycles. The first kappa shape index (κ1) is 33.9. The highest BCUT2D eigenvalue weighted by atomic mass is 79.9. The van der Waals surface area contributed by atoms with Crippen molar-refractivity contribution in [2.45, 2.75) is 64.1 Å². The van der Waals surface area contributed by atoms with E-state index in [9.17, 15) is 18.0 Å². The Bertz CT molecular complexity index is 1740. The van der Waals surface area contributed by atoms with E-state index in [1.807, 2.05) is 101 Å². The molecule has 7 nitrogen and oxygen atoms in total. The van der Waals surface area contributed by atoms with Crippen molar-refractivity contribution in [2.24, 2.45) is 0 Å². The number of hydrogen-bond donors (Lipinski definition) is 1. The first-order chi connectivity index (χ1) is 21.2. The number of anilines is 1. The van der Waals surface area contributed by atoms with Gasteiger partial charge in [0.1, 0.15) is 12.6 Å². The normalized spacial score (nSPS) is 12.3. The zero-order chi connectivity index (χ0) is 32.8. The minimum atomic E-state index is -4.16. The van der Waals surface area contributed by atoms with Crippen molar-refractivity contribution < 1.29 is 18.0 Å². The maximum absolute atomic E-state index is 14.6. The number of halogens is 1. The molecule has 0 bridgehead atoms. The van der Waals surface area contributed by atoms with Crippen LogP contribution in [-0.2, 0) is 32.6 Å². The van der Waals surface area contributed by atoms with Crippen LogP contribution in [0.15, 0.2) is 112 Å². The van der Waals surface area contributed by atoms with Crippen molar-refractivity contribution in [1.29, 1.82) is 0 Å². The van der Waals surface area contributed by atoms with Crippen LogP contribution in [0.1, 0.15) is 43.0 Å². The molecule has 1 atom stereocenters. The van der Waals surface area contributed by atoms with Gasteiger partial charge in [0.05, 0.1) is 10.6 Å². The minimum Gasteiger partial charge on any atom is -0.350 e. The fourth-order valence-electron chi connectivity index (χ4n) is 5.06. The lowest BCUT2D eigenvalue weighted by Crippen LogP contribution is -2.56. The number of carbonyl (C=O) groups excluding carboxylic acids is 2. The van der Waals surface area contributed by atoms with Crippen molar-refractivity contribution >= 4 is 43.5 Å². The predicted molar refractivity (Wildman–Crippen MR) is 183 cm³/mol. The molecular formula is C36H40BrN3O4S. The fourth-order valence-corrected chi connectivity index (χ4v) is 7.00. The summed E-state index contributed by atoms with van der Waals surface area (Å²) in [5.41, 5.74) is 3.09. The molecule has 4 aromatic rings. The Balaban J connectivity index is 1.84. The number of rotatable bonds is 11. The summed E-state index contributed by atoms with van der Waals surface area (Å²) in [6.45, 7) is 8.97. The molecule has 2 amide bonds. The molecule has 236 valence electrons. The number of aryl methyl sites for hydroxylation is 2. The maximum Gasteiger partial charge on any atom is 0.264 e. The highest BCUT2D eigenvalue weighted by Crippen LogP contribution is 2.29. The molecule has 0 spiro atoms. The lowest BCUT2D eigenvalue weighted by molar-refractivity contribution is -0.140. The Morgan fingerprint density at radius 3 is 2.07 bits per heavy atom. The van der Waals surface area contributed by atoms with Crippen molar-refractivity contribution in [1.82, 2.24) is 10.2 Å². The van der Waals surface area contributed by atoms with Crippen molar-refractivity contribution in [2.75, 3.05) is 10.8 Å². The number of nitrogens with zero attached hydrogens (tertiary/aromatic N) is 2. The Hall–Kier alpha value is -3.95. The Kier molecular flexibility index (Phi) is 10.9. The van der Waals surface area contributed by atoms with Crippen LogP contribution in [0, 0.1) is 13.8 Å². The van der Waals surface area contributed by atoms with Gasteiger partial charge in [-0.15, -0.1) is 0 Å². The summed E-state index contributed by atoms with van der Waals surface area (Å²) in [6.07, 6.45) is 0.247. The third-order valence-electron chi connectivity index (χ3n) is 7.25. The number of benzene rings is 4. The summed E-state index contributed by atoms with van der Waals surface area (Å²) in [6, 6.07) is 29.7. The van der Waals surface area contributed by atoms with Crippen LogP contribution in [0.5, 0.6) is 0 Å². The number of amides is 2. The third-order valence-corrected chi connectivity index (χ3v) is 9.52. The summed E-state index contributed by atoms with van der Waals surface area (Å²) in [5, 5.41) is 3.06. The monoisotopic (exact) mass is 689 g/mol. The molecule has 4 aromatic carbocycles. The van der Waals surface area contributed by atoms with Gasteiger partial charge in [0.2, 0.25) is 11.8 Å². The molecule has 0 saturated heterocycles. The molecule has 4 rings (SSSR count). The highest BCUT2D eigenvalue weighted by molar-refractivity contribution is 9.10. The first-order valence-electron chi connectivity index (χ1n) is 14.8. The molecule has 0 saturated carbocycles. The van der Waals surface area contributed by atoms with Crippen LogP contribution in [-0.4, -0.2) is 43.3 Å². The zero-order valence-corrected chi connectivity index (χ0v) is 28.7. The van der Waals surface area contributed by atoms with Crippen LogP contribution >= 0.6 is 15.9 Å². The Morgan fingerprint density at radius 2 is 1.44 bits per heavy atom. The van der Waals surface area contributed by atoms with Gasteiger partial charge in [-0.3, -0.25) is 13.9 Å². The van der Waals surface area contributed by atoms with Gasteiger partial charge in [-0.05, 0) is 87.2 Å². The van der Waals surface area contributed by atoms with E-state index in [0.29, 0.717) is 11.3 Å². The maximum atomic E-state index is 14.6. The summed E-state index contributed by atoms with van der Waals surface area (Å²) >= 11 is 3.52. The standard InChI is InChI=1S/C36H40BrN3O4S/c1-26-19-20-27(2)32(21-26)40(45(43,44)31-17-10-7-11-18-31)25-34(41)39(24-29-15-12-16-30(37)22-29)33(35(42)38-36(3,4)5)23-28-13-8-6-9-14-28/h6-22,33H,23-25H2,1-5H3,(H,38,42)/t33-/m0/s1. The number of sulfonamides is 1. The molecule has 1 N–H and O–H groups in total. The quantitative estimate of drug-likeness (QED) is 0.187. The first-order valence-corrected chi connectivity index (χ1v) is 17.0. The molecular weight excluding hydrogens is 650 g/mol. The summed E-state index contributed by atoms with van der Waals surface area (Å²) < 4.78 is 30.4. The van der Waals surface area contributed by atoms with Crippen molar-refractivity contribution in [3.8, 4) is 0 Å². The highest BCUT2D eigenvalue weighted by Gasteiger charge is 2.36. The van der Waals surface area contributed by atoms with Gasteiger partial charge in [0, 0.05) is 23.0 Å². The van der Waals surface area contributed by atoms with E-state index >= 15 is 0 Å². The largest absolute Gasteiger partial charge is 0.350 e. The fraction of sp³-hybridized carbons (Fsp3) is 0.278. The number of hydrogen-bond acceptors (Lipinski definition) is 4. The molecule has 0 aliphatic heterocycles. The van der Waals surface area contributed by atoms with Crippen LogP contribution in [0.2, 0.25) is 0 Å². The van der Waals surface area contributed by atoms with E-state index in [1.54, 1.807) is 24.3 Å². The van der Waals surface area contributed by atoms with Gasteiger partial charge >= 0.3 is 0 Å². The molecule has 0 fully saturated rings. The van der Waals surface area contributed by atoms with Gasteiger partial charge < -0.3 is 10.2 Å².